The predicted molar refractivity (Wildman–Crippen MR) is 281 cm³/mol. The number of hydrogen-bond donors (Lipinski definition) is 0. The van der Waals surface area contributed by atoms with Gasteiger partial charge in [0, 0.05) is 46.4 Å². The van der Waals surface area contributed by atoms with E-state index in [9.17, 15) is 0 Å². The van der Waals surface area contributed by atoms with Gasteiger partial charge in [0.05, 0.1) is 11.0 Å². The van der Waals surface area contributed by atoms with Gasteiger partial charge in [-0.05, 0) is 146 Å². The second-order valence-electron chi connectivity index (χ2n) is 17.5. The van der Waals surface area contributed by atoms with Crippen molar-refractivity contribution >= 4 is 68.9 Å². The van der Waals surface area contributed by atoms with Crippen molar-refractivity contribution in [1.29, 1.82) is 0 Å². The molecule has 0 atom stereocenters. The number of hydrogen-bond acceptors (Lipinski definition) is 1. The van der Waals surface area contributed by atoms with Gasteiger partial charge in [0.2, 0.25) is 0 Å². The number of benzene rings is 9. The molecular weight excluding hydrogens is 823 g/mol. The van der Waals surface area contributed by atoms with Gasteiger partial charge >= 0.3 is 0 Å². The lowest BCUT2D eigenvalue weighted by molar-refractivity contribution is 1.16. The van der Waals surface area contributed by atoms with Crippen LogP contribution in [-0.2, 0) is 0 Å². The maximum Gasteiger partial charge on any atom is 0.0541 e. The maximum absolute atomic E-state index is 3.10. The summed E-state index contributed by atoms with van der Waals surface area (Å²) < 4.78 is 5.20. The molecule has 0 saturated carbocycles. The molecule has 3 heterocycles. The largest absolute Gasteiger partial charge is 0.309 e. The van der Waals surface area contributed by atoms with Crippen molar-refractivity contribution in [3.8, 4) is 61.3 Å². The fourth-order valence-corrected chi connectivity index (χ4v) is 14.0. The highest BCUT2D eigenvalue weighted by atomic mass is 32.3. The molecule has 1 aliphatic heterocycles. The van der Waals surface area contributed by atoms with Gasteiger partial charge in [0.25, 0.3) is 0 Å². The number of thiophene rings is 1. The second kappa shape index (κ2) is 14.7. The molecule has 2 aliphatic rings. The Labute approximate surface area is 384 Å². The maximum atomic E-state index is 3.10. The van der Waals surface area contributed by atoms with Crippen molar-refractivity contribution in [2.45, 2.75) is 9.79 Å². The molecule has 13 rings (SSSR count). The van der Waals surface area contributed by atoms with E-state index in [1.54, 1.807) is 0 Å². The first-order chi connectivity index (χ1) is 32.0. The quantitative estimate of drug-likeness (QED) is 0.147. The first-order valence-corrected chi connectivity index (χ1v) is 25.4. The third kappa shape index (κ3) is 6.10. The van der Waals surface area contributed by atoms with E-state index in [-0.39, 0.29) is 0 Å². The van der Waals surface area contributed by atoms with Gasteiger partial charge in [-0.25, -0.2) is 0 Å². The van der Waals surface area contributed by atoms with Gasteiger partial charge in [-0.3, -0.25) is 0 Å². The predicted octanol–water partition coefficient (Wildman–Crippen LogP) is 17.5. The third-order valence-corrected chi connectivity index (χ3v) is 17.7. The van der Waals surface area contributed by atoms with Crippen molar-refractivity contribution in [3.05, 3.63) is 229 Å². The smallest absolute Gasteiger partial charge is 0.0541 e. The van der Waals surface area contributed by atoms with Crippen LogP contribution in [0.3, 0.4) is 0 Å². The van der Waals surface area contributed by atoms with Crippen molar-refractivity contribution in [2.75, 3.05) is 12.5 Å². The van der Waals surface area contributed by atoms with Crippen LogP contribution in [0.15, 0.2) is 234 Å². The fraction of sp³-hybridized carbons (Fsp3) is 0.0323. The zero-order valence-electron chi connectivity index (χ0n) is 36.0. The Morgan fingerprint density at radius 2 is 0.985 bits per heavy atom. The van der Waals surface area contributed by atoms with Crippen LogP contribution in [0, 0.1) is 0 Å². The van der Waals surface area contributed by atoms with E-state index in [2.05, 4.69) is 229 Å². The Hall–Kier alpha value is -7.61. The summed E-state index contributed by atoms with van der Waals surface area (Å²) in [5, 5.41) is 5.17. The lowest BCUT2D eigenvalue weighted by atomic mass is 9.97. The average Bonchev–Trinajstić information content (AvgIpc) is 3.99. The molecule has 306 valence electrons. The minimum Gasteiger partial charge on any atom is -0.309 e. The minimum atomic E-state index is -1.34. The molecule has 0 N–H and O–H groups in total. The molecule has 0 radical (unpaired) electrons. The minimum absolute atomic E-state index is 1.14. The molecule has 65 heavy (non-hydrogen) atoms. The van der Waals surface area contributed by atoms with E-state index in [1.165, 1.54) is 119 Å². The number of aromatic nitrogens is 1. The van der Waals surface area contributed by atoms with Crippen LogP contribution in [0.4, 0.5) is 0 Å². The Balaban J connectivity index is 0.929. The Bertz CT molecular complexity index is 3900. The molecule has 0 fully saturated rings. The highest BCUT2D eigenvalue weighted by Crippen LogP contribution is 2.68. The van der Waals surface area contributed by atoms with Gasteiger partial charge in [-0.1, -0.05) is 157 Å². The summed E-state index contributed by atoms with van der Waals surface area (Å²) in [5.74, 6) is 0. The molecule has 1 aliphatic carbocycles. The van der Waals surface area contributed by atoms with Crippen LogP contribution in [0.2, 0.25) is 0 Å². The van der Waals surface area contributed by atoms with Crippen molar-refractivity contribution in [1.82, 2.24) is 4.57 Å². The number of rotatable bonds is 6. The third-order valence-electron chi connectivity index (χ3n) is 13.6. The highest BCUT2D eigenvalue weighted by Gasteiger charge is 2.33. The summed E-state index contributed by atoms with van der Waals surface area (Å²) in [7, 11) is -1.34. The van der Waals surface area contributed by atoms with Gasteiger partial charge in [0.15, 0.2) is 0 Å². The summed E-state index contributed by atoms with van der Waals surface area (Å²) in [6.07, 6.45) is 11.0. The SMILES string of the molecule is CS1(C)c2cc(-c3cccc4c3sc3ccccc34)ccc2-c2ccc(-n3c4ccc(-c5ccc(C6=CC=C=C=C6)cc5)cc4c4cc(-c5ccc(-c6ccccc6)cc5)ccc43)cc21. The van der Waals surface area contributed by atoms with Crippen LogP contribution in [0.25, 0.3) is 109 Å². The van der Waals surface area contributed by atoms with E-state index in [4.69, 9.17) is 0 Å². The van der Waals surface area contributed by atoms with E-state index < -0.39 is 10.0 Å². The Morgan fingerprint density at radius 1 is 0.415 bits per heavy atom. The van der Waals surface area contributed by atoms with Crippen LogP contribution < -0.4 is 0 Å². The van der Waals surface area contributed by atoms with E-state index in [0.29, 0.717) is 0 Å². The van der Waals surface area contributed by atoms with Gasteiger partial charge in [-0.15, -0.1) is 11.3 Å². The number of allylic oxidation sites excluding steroid dienone is 4. The van der Waals surface area contributed by atoms with Crippen molar-refractivity contribution in [3.63, 3.8) is 0 Å². The fourth-order valence-electron chi connectivity index (χ4n) is 10.3. The zero-order chi connectivity index (χ0) is 43.2. The molecule has 1 nitrogen and oxygen atoms in total. The number of nitrogens with zero attached hydrogens (tertiary/aromatic N) is 1. The van der Waals surface area contributed by atoms with E-state index in [0.717, 1.165) is 5.57 Å². The summed E-state index contributed by atoms with van der Waals surface area (Å²) in [6.45, 7) is 0. The zero-order valence-corrected chi connectivity index (χ0v) is 37.6. The highest BCUT2D eigenvalue weighted by molar-refractivity contribution is 8.33. The van der Waals surface area contributed by atoms with Gasteiger partial charge in [0.1, 0.15) is 0 Å². The lowest BCUT2D eigenvalue weighted by Gasteiger charge is -2.29. The average molecular weight is 864 g/mol. The molecule has 0 unspecified atom stereocenters. The Kier molecular flexibility index (Phi) is 8.59. The summed E-state index contributed by atoms with van der Waals surface area (Å²) in [6, 6.07) is 72.6. The lowest BCUT2D eigenvalue weighted by Crippen LogP contribution is -1.97. The van der Waals surface area contributed by atoms with E-state index in [1.807, 2.05) is 23.5 Å². The Morgan fingerprint density at radius 3 is 1.68 bits per heavy atom. The van der Waals surface area contributed by atoms with E-state index >= 15 is 0 Å². The molecular formula is C62H41NS2. The first-order valence-electron chi connectivity index (χ1n) is 22.1. The van der Waals surface area contributed by atoms with Crippen LogP contribution >= 0.6 is 21.4 Å². The normalized spacial score (nSPS) is 14.0. The van der Waals surface area contributed by atoms with Gasteiger partial charge < -0.3 is 4.57 Å². The van der Waals surface area contributed by atoms with Crippen LogP contribution in [0.5, 0.6) is 0 Å². The van der Waals surface area contributed by atoms with Crippen LogP contribution in [0.1, 0.15) is 5.56 Å². The topological polar surface area (TPSA) is 4.93 Å². The molecule has 0 bridgehead atoms. The summed E-state index contributed by atoms with van der Waals surface area (Å²) >= 11 is 1.91. The molecule has 0 spiro atoms. The summed E-state index contributed by atoms with van der Waals surface area (Å²) in [4.78, 5) is 2.91. The summed E-state index contributed by atoms with van der Waals surface area (Å²) in [5.41, 5.74) is 24.6. The molecule has 3 heteroatoms. The standard InChI is InChI=1S/C62H41NS2/c1-65(2)60-38-48(50-17-11-18-54-51-16-9-10-19-59(51)64-62(50)54)28-32-52(60)53-33-31-49(39-61(53)65)63-57-34-29-46(44-24-20-42(21-25-44)40-12-5-3-6-13-40)36-55(57)56-37-47(30-35-58(56)63)45-26-22-43(23-27-45)41-14-7-4-8-15-41/h3,5-7,9-39H,1-2H3. The first kappa shape index (κ1) is 37.9. The van der Waals surface area contributed by atoms with Crippen molar-refractivity contribution < 1.29 is 0 Å². The second-order valence-corrected chi connectivity index (χ2v) is 22.1. The number of fused-ring (bicyclic) bond motifs is 9. The van der Waals surface area contributed by atoms with Crippen molar-refractivity contribution in [2.24, 2.45) is 0 Å². The molecule has 11 aromatic rings. The molecule has 9 aromatic carbocycles. The monoisotopic (exact) mass is 863 g/mol. The molecule has 2 aromatic heterocycles. The molecule has 0 saturated heterocycles. The molecule has 0 amide bonds. The van der Waals surface area contributed by atoms with Crippen LogP contribution in [-0.4, -0.2) is 17.1 Å². The van der Waals surface area contributed by atoms with Gasteiger partial charge in [-0.2, -0.15) is 10.0 Å².